The molecule has 0 atom stereocenters. The van der Waals surface area contributed by atoms with Crippen LogP contribution < -0.4 is 5.56 Å². The van der Waals surface area contributed by atoms with Crippen molar-refractivity contribution in [3.8, 4) is 22.4 Å². The lowest BCUT2D eigenvalue weighted by molar-refractivity contribution is 0.770. The summed E-state index contributed by atoms with van der Waals surface area (Å²) in [6.07, 6.45) is 0. The highest BCUT2D eigenvalue weighted by atomic mass is 16.1. The Morgan fingerprint density at radius 2 is 1.19 bits per heavy atom. The highest BCUT2D eigenvalue weighted by Crippen LogP contribution is 2.25. The van der Waals surface area contributed by atoms with Crippen molar-refractivity contribution >= 4 is 0 Å². The lowest BCUT2D eigenvalue weighted by Gasteiger charge is -2.15. The molecule has 1 aromatic heterocycles. The molecule has 0 spiro atoms. The van der Waals surface area contributed by atoms with Gasteiger partial charge in [-0.15, -0.1) is 0 Å². The number of nitrogens with zero attached hydrogens (tertiary/aromatic N) is 1. The second-order valence-electron chi connectivity index (χ2n) is 6.22. The minimum atomic E-state index is 0.00854. The normalized spacial score (nSPS) is 10.6. The third-order valence-corrected chi connectivity index (χ3v) is 4.55. The molecule has 0 aliphatic rings. The Bertz CT molecular complexity index is 1070. The van der Waals surface area contributed by atoms with E-state index in [0.717, 1.165) is 27.9 Å². The van der Waals surface area contributed by atoms with E-state index in [1.165, 1.54) is 0 Å². The van der Waals surface area contributed by atoms with E-state index >= 15 is 0 Å². The van der Waals surface area contributed by atoms with Gasteiger partial charge in [0, 0.05) is 6.07 Å². The first-order valence-electron chi connectivity index (χ1n) is 8.71. The lowest BCUT2D eigenvalue weighted by atomic mass is 9.99. The van der Waals surface area contributed by atoms with Gasteiger partial charge in [0.25, 0.3) is 5.56 Å². The Kier molecular flexibility index (Phi) is 4.48. The summed E-state index contributed by atoms with van der Waals surface area (Å²) in [5, 5.41) is 0. The topological polar surface area (TPSA) is 22.0 Å². The van der Waals surface area contributed by atoms with Crippen molar-refractivity contribution < 1.29 is 0 Å². The van der Waals surface area contributed by atoms with Crippen molar-refractivity contribution in [3.63, 3.8) is 0 Å². The lowest BCUT2D eigenvalue weighted by Crippen LogP contribution is -2.21. The second kappa shape index (κ2) is 7.24. The molecule has 2 nitrogen and oxygen atoms in total. The van der Waals surface area contributed by atoms with E-state index in [1.54, 1.807) is 6.07 Å². The summed E-state index contributed by atoms with van der Waals surface area (Å²) in [4.78, 5) is 12.6. The molecule has 0 aliphatic heterocycles. The fourth-order valence-electron chi connectivity index (χ4n) is 3.27. The minimum absolute atomic E-state index is 0.00854. The molecule has 4 rings (SSSR count). The Labute approximate surface area is 153 Å². The highest BCUT2D eigenvalue weighted by molar-refractivity contribution is 5.67. The van der Waals surface area contributed by atoms with Crippen LogP contribution in [-0.2, 0) is 6.54 Å². The first-order chi connectivity index (χ1) is 12.8. The predicted octanol–water partition coefficient (Wildman–Crippen LogP) is 5.23. The number of hydrogen-bond acceptors (Lipinski definition) is 1. The van der Waals surface area contributed by atoms with E-state index in [1.807, 2.05) is 77.4 Å². The van der Waals surface area contributed by atoms with Crippen molar-refractivity contribution in [2.75, 3.05) is 0 Å². The molecule has 3 aromatic carbocycles. The fourth-order valence-corrected chi connectivity index (χ4v) is 3.27. The van der Waals surface area contributed by atoms with Crippen LogP contribution in [0.3, 0.4) is 0 Å². The molecule has 0 radical (unpaired) electrons. The number of aromatic nitrogens is 1. The minimum Gasteiger partial charge on any atom is -0.304 e. The summed E-state index contributed by atoms with van der Waals surface area (Å²) in [7, 11) is 0. The number of rotatable bonds is 4. The second-order valence-corrected chi connectivity index (χ2v) is 6.22. The van der Waals surface area contributed by atoms with E-state index in [0.29, 0.717) is 6.54 Å². The monoisotopic (exact) mass is 337 g/mol. The molecule has 0 saturated heterocycles. The van der Waals surface area contributed by atoms with Crippen LogP contribution in [0.2, 0.25) is 0 Å². The van der Waals surface area contributed by atoms with Gasteiger partial charge in [-0.25, -0.2) is 0 Å². The Balaban J connectivity index is 1.82. The summed E-state index contributed by atoms with van der Waals surface area (Å²) < 4.78 is 1.84. The maximum Gasteiger partial charge on any atom is 0.251 e. The molecule has 0 N–H and O–H groups in total. The van der Waals surface area contributed by atoms with Gasteiger partial charge in [-0.05, 0) is 28.3 Å². The van der Waals surface area contributed by atoms with Gasteiger partial charge >= 0.3 is 0 Å². The Morgan fingerprint density at radius 1 is 0.577 bits per heavy atom. The smallest absolute Gasteiger partial charge is 0.251 e. The summed E-state index contributed by atoms with van der Waals surface area (Å²) in [5.74, 6) is 0. The van der Waals surface area contributed by atoms with Crippen LogP contribution in [0.15, 0.2) is 108 Å². The third-order valence-electron chi connectivity index (χ3n) is 4.55. The van der Waals surface area contributed by atoms with Gasteiger partial charge in [0.15, 0.2) is 0 Å². The van der Waals surface area contributed by atoms with Gasteiger partial charge in [-0.3, -0.25) is 4.79 Å². The van der Waals surface area contributed by atoms with Gasteiger partial charge in [0.05, 0.1) is 12.2 Å². The number of hydrogen-bond donors (Lipinski definition) is 0. The predicted molar refractivity (Wildman–Crippen MR) is 107 cm³/mol. The van der Waals surface area contributed by atoms with Crippen molar-refractivity contribution in [1.82, 2.24) is 4.57 Å². The molecule has 26 heavy (non-hydrogen) atoms. The van der Waals surface area contributed by atoms with Gasteiger partial charge in [0.2, 0.25) is 0 Å². The first-order valence-corrected chi connectivity index (χ1v) is 8.71. The summed E-state index contributed by atoms with van der Waals surface area (Å²) in [6, 6.07) is 34.1. The summed E-state index contributed by atoms with van der Waals surface area (Å²) >= 11 is 0. The molecular weight excluding hydrogens is 318 g/mol. The zero-order valence-electron chi connectivity index (χ0n) is 14.4. The number of pyridine rings is 1. The molecule has 0 unspecified atom stereocenters. The van der Waals surface area contributed by atoms with E-state index in [2.05, 4.69) is 24.3 Å². The zero-order valence-corrected chi connectivity index (χ0v) is 14.4. The zero-order chi connectivity index (χ0) is 17.8. The van der Waals surface area contributed by atoms with Crippen LogP contribution in [0.1, 0.15) is 5.56 Å². The first kappa shape index (κ1) is 16.1. The van der Waals surface area contributed by atoms with Crippen molar-refractivity contribution in [3.05, 3.63) is 119 Å². The summed E-state index contributed by atoms with van der Waals surface area (Å²) in [5.41, 5.74) is 5.43. The molecule has 2 heteroatoms. The molecule has 0 bridgehead atoms. The molecule has 126 valence electrons. The molecule has 0 saturated carbocycles. The molecule has 0 aliphatic carbocycles. The van der Waals surface area contributed by atoms with Crippen LogP contribution in [0.4, 0.5) is 0 Å². The Morgan fingerprint density at radius 3 is 1.92 bits per heavy atom. The van der Waals surface area contributed by atoms with Crippen molar-refractivity contribution in [2.45, 2.75) is 6.54 Å². The maximum absolute atomic E-state index is 12.6. The van der Waals surface area contributed by atoms with E-state index in [-0.39, 0.29) is 5.56 Å². The average molecular weight is 337 g/mol. The van der Waals surface area contributed by atoms with E-state index in [4.69, 9.17) is 0 Å². The molecule has 0 fully saturated rings. The third kappa shape index (κ3) is 3.22. The molecule has 1 heterocycles. The molecular formula is C24H19NO. The largest absolute Gasteiger partial charge is 0.304 e. The van der Waals surface area contributed by atoms with Crippen LogP contribution >= 0.6 is 0 Å². The maximum atomic E-state index is 12.6. The van der Waals surface area contributed by atoms with Gasteiger partial charge < -0.3 is 4.57 Å². The number of benzene rings is 3. The quantitative estimate of drug-likeness (QED) is 0.500. The van der Waals surface area contributed by atoms with E-state index < -0.39 is 0 Å². The summed E-state index contributed by atoms with van der Waals surface area (Å²) in [6.45, 7) is 0.537. The highest BCUT2D eigenvalue weighted by Gasteiger charge is 2.10. The fraction of sp³-hybridized carbons (Fsp3) is 0.0417. The molecule has 4 aromatic rings. The molecule has 0 amide bonds. The van der Waals surface area contributed by atoms with Crippen molar-refractivity contribution in [2.24, 2.45) is 0 Å². The average Bonchev–Trinajstić information content (AvgIpc) is 2.71. The van der Waals surface area contributed by atoms with Gasteiger partial charge in [0.1, 0.15) is 0 Å². The van der Waals surface area contributed by atoms with Crippen LogP contribution in [-0.4, -0.2) is 4.57 Å². The standard InChI is InChI=1S/C24H19NO/c26-24-17-9-16-23(20-12-5-2-6-13-20)25(24)18-21-14-7-8-15-22(21)19-10-3-1-4-11-19/h1-17H,18H2. The van der Waals surface area contributed by atoms with Gasteiger partial charge in [-0.1, -0.05) is 91.0 Å². The van der Waals surface area contributed by atoms with E-state index in [9.17, 15) is 4.79 Å². The van der Waals surface area contributed by atoms with Gasteiger partial charge in [-0.2, -0.15) is 0 Å². The SMILES string of the molecule is O=c1cccc(-c2ccccc2)n1Cc1ccccc1-c1ccccc1. The van der Waals surface area contributed by atoms with Crippen molar-refractivity contribution in [1.29, 1.82) is 0 Å². The van der Waals surface area contributed by atoms with Crippen LogP contribution in [0, 0.1) is 0 Å². The Hall–Kier alpha value is -3.39. The van der Waals surface area contributed by atoms with Crippen LogP contribution in [0.25, 0.3) is 22.4 Å². The van der Waals surface area contributed by atoms with Crippen LogP contribution in [0.5, 0.6) is 0 Å².